The highest BCUT2D eigenvalue weighted by atomic mass is 16.5. The first kappa shape index (κ1) is 21.1. The molecule has 4 aliphatic carbocycles. The molecule has 3 saturated carbocycles. The second kappa shape index (κ2) is 6.81. The quantitative estimate of drug-likeness (QED) is 0.504. The summed E-state index contributed by atoms with van der Waals surface area (Å²) in [5.41, 5.74) is 1.66. The van der Waals surface area contributed by atoms with Crippen molar-refractivity contribution in [3.63, 3.8) is 0 Å². The van der Waals surface area contributed by atoms with Gasteiger partial charge >= 0.3 is 0 Å². The molecule has 2 heterocycles. The van der Waals surface area contributed by atoms with E-state index >= 15 is 0 Å². The van der Waals surface area contributed by atoms with Gasteiger partial charge in [0, 0.05) is 18.4 Å². The Morgan fingerprint density at radius 1 is 1.03 bits per heavy atom. The lowest BCUT2D eigenvalue weighted by molar-refractivity contribution is -0.152. The van der Waals surface area contributed by atoms with Crippen LogP contribution in [-0.2, 0) is 4.74 Å². The molecular weight excluding hydrogens is 386 g/mol. The Morgan fingerprint density at radius 2 is 1.84 bits per heavy atom. The van der Waals surface area contributed by atoms with E-state index in [0.29, 0.717) is 35.5 Å². The van der Waals surface area contributed by atoms with Gasteiger partial charge in [0.05, 0.1) is 18.3 Å². The Labute approximate surface area is 188 Å². The summed E-state index contributed by atoms with van der Waals surface area (Å²) < 4.78 is 6.86. The third kappa shape index (κ3) is 2.68. The zero-order valence-electron chi connectivity index (χ0n) is 19.9. The zero-order valence-corrected chi connectivity index (χ0v) is 19.9. The Kier molecular flexibility index (Phi) is 4.64. The summed E-state index contributed by atoms with van der Waals surface area (Å²) in [4.78, 5) is 0. The molecule has 0 aromatic heterocycles. The van der Waals surface area contributed by atoms with E-state index in [-0.39, 0.29) is 34.9 Å². The number of piperidine rings is 1. The highest BCUT2D eigenvalue weighted by Crippen LogP contribution is 2.70. The molecule has 4 heteroatoms. The van der Waals surface area contributed by atoms with Gasteiger partial charge in [-0.25, -0.2) is 0 Å². The molecule has 0 radical (unpaired) electrons. The standard InChI is InChI=1S/C27H43NO3/c1-15-7-12-27(28-14-15)16(2)21-24(31-27)23(30)22-19-6-5-17-13-18(29)8-10-25(17,3)20(19)9-11-26(21,22)4/h5,15-16,18-24,28-30H,6-14H2,1-4H3/t15-,16+,18+,19+,20-,21-,22-,23-,24+,25+,26-,27-/m1/s1. The normalized spacial score (nSPS) is 60.7. The first-order chi connectivity index (χ1) is 14.7. The summed E-state index contributed by atoms with van der Waals surface area (Å²) in [7, 11) is 0. The maximum absolute atomic E-state index is 11.8. The fourth-order valence-electron chi connectivity index (χ4n) is 9.87. The van der Waals surface area contributed by atoms with Crippen LogP contribution in [0.25, 0.3) is 0 Å². The average Bonchev–Trinajstić information content (AvgIpc) is 3.14. The van der Waals surface area contributed by atoms with E-state index in [1.54, 1.807) is 0 Å². The Balaban J connectivity index is 1.32. The van der Waals surface area contributed by atoms with Gasteiger partial charge in [-0.2, -0.15) is 0 Å². The summed E-state index contributed by atoms with van der Waals surface area (Å²) >= 11 is 0. The third-order valence-electron chi connectivity index (χ3n) is 11.6. The van der Waals surface area contributed by atoms with Crippen LogP contribution < -0.4 is 5.32 Å². The summed E-state index contributed by atoms with van der Waals surface area (Å²) in [6.45, 7) is 10.7. The van der Waals surface area contributed by atoms with Crippen molar-refractivity contribution in [2.24, 2.45) is 46.3 Å². The minimum atomic E-state index is -0.349. The van der Waals surface area contributed by atoms with Crippen molar-refractivity contribution >= 4 is 0 Å². The molecule has 0 aromatic rings. The highest BCUT2D eigenvalue weighted by molar-refractivity contribution is 5.27. The molecule has 0 unspecified atom stereocenters. The zero-order chi connectivity index (χ0) is 21.8. The molecule has 0 aromatic carbocycles. The summed E-state index contributed by atoms with van der Waals surface area (Å²) in [6.07, 6.45) is 10.7. The van der Waals surface area contributed by atoms with Gasteiger partial charge in [0.1, 0.15) is 5.72 Å². The van der Waals surface area contributed by atoms with Crippen LogP contribution in [-0.4, -0.2) is 40.8 Å². The van der Waals surface area contributed by atoms with Crippen LogP contribution in [0.15, 0.2) is 11.6 Å². The largest absolute Gasteiger partial charge is 0.393 e. The number of allylic oxidation sites excluding steroid dienone is 1. The Hall–Kier alpha value is -0.420. The fraction of sp³-hybridized carbons (Fsp3) is 0.926. The maximum atomic E-state index is 11.8. The molecule has 1 spiro atoms. The van der Waals surface area contributed by atoms with Crippen LogP contribution in [0.5, 0.6) is 0 Å². The van der Waals surface area contributed by atoms with Crippen LogP contribution >= 0.6 is 0 Å². The van der Waals surface area contributed by atoms with Crippen molar-refractivity contribution in [2.75, 3.05) is 6.54 Å². The van der Waals surface area contributed by atoms with Crippen molar-refractivity contribution in [3.05, 3.63) is 11.6 Å². The minimum absolute atomic E-state index is 0.0176. The topological polar surface area (TPSA) is 61.7 Å². The van der Waals surface area contributed by atoms with Crippen molar-refractivity contribution in [1.82, 2.24) is 5.32 Å². The first-order valence-electron chi connectivity index (χ1n) is 13.2. The maximum Gasteiger partial charge on any atom is 0.122 e. The average molecular weight is 430 g/mol. The fourth-order valence-corrected chi connectivity index (χ4v) is 9.87. The molecule has 4 nitrogen and oxygen atoms in total. The number of rotatable bonds is 0. The van der Waals surface area contributed by atoms with Crippen LogP contribution in [0.1, 0.15) is 79.1 Å². The van der Waals surface area contributed by atoms with E-state index in [2.05, 4.69) is 39.1 Å². The van der Waals surface area contributed by atoms with Crippen molar-refractivity contribution in [2.45, 2.75) is 103 Å². The summed E-state index contributed by atoms with van der Waals surface area (Å²) in [6, 6.07) is 0. The Morgan fingerprint density at radius 3 is 2.58 bits per heavy atom. The predicted molar refractivity (Wildman–Crippen MR) is 121 cm³/mol. The molecule has 0 bridgehead atoms. The predicted octanol–water partition coefficient (Wildman–Crippen LogP) is 4.26. The molecule has 6 aliphatic rings. The number of hydrogen-bond donors (Lipinski definition) is 3. The van der Waals surface area contributed by atoms with Crippen LogP contribution in [0.2, 0.25) is 0 Å². The minimum Gasteiger partial charge on any atom is -0.393 e. The van der Waals surface area contributed by atoms with Crippen LogP contribution in [0, 0.1) is 46.3 Å². The van der Waals surface area contributed by atoms with Gasteiger partial charge in [-0.05, 0) is 85.9 Å². The van der Waals surface area contributed by atoms with Gasteiger partial charge in [-0.1, -0.05) is 39.3 Å². The van der Waals surface area contributed by atoms with Crippen LogP contribution in [0.3, 0.4) is 0 Å². The molecule has 5 fully saturated rings. The van der Waals surface area contributed by atoms with E-state index in [4.69, 9.17) is 4.74 Å². The van der Waals surface area contributed by atoms with Gasteiger partial charge in [0.25, 0.3) is 0 Å². The molecule has 174 valence electrons. The van der Waals surface area contributed by atoms with E-state index in [9.17, 15) is 10.2 Å². The van der Waals surface area contributed by atoms with Gasteiger partial charge < -0.3 is 14.9 Å². The number of fused-ring (bicyclic) bond motifs is 7. The molecule has 12 atom stereocenters. The lowest BCUT2D eigenvalue weighted by atomic mass is 9.46. The molecule has 2 aliphatic heterocycles. The second-order valence-corrected chi connectivity index (χ2v) is 12.9. The number of ether oxygens (including phenoxy) is 1. The SMILES string of the molecule is C[C@@H]1CC[C@@]2(NC1)O[C@@H]1[C@H](O)[C@H]3[C@H]4CC=C5C[C@@H](O)CC[C@]5(C)[C@@H]4CC[C@]3(C)[C@@H]1[C@@H]2C. The van der Waals surface area contributed by atoms with Crippen molar-refractivity contribution in [1.29, 1.82) is 0 Å². The van der Waals surface area contributed by atoms with Gasteiger partial charge in [0.2, 0.25) is 0 Å². The third-order valence-corrected chi connectivity index (χ3v) is 11.6. The number of aliphatic hydroxyl groups is 2. The van der Waals surface area contributed by atoms with Gasteiger partial charge in [-0.15, -0.1) is 0 Å². The summed E-state index contributed by atoms with van der Waals surface area (Å²) in [5, 5.41) is 25.8. The van der Waals surface area contributed by atoms with E-state index in [1.807, 2.05) is 0 Å². The highest BCUT2D eigenvalue weighted by Gasteiger charge is 2.71. The number of aliphatic hydroxyl groups excluding tert-OH is 2. The van der Waals surface area contributed by atoms with E-state index < -0.39 is 0 Å². The lowest BCUT2D eigenvalue weighted by Crippen LogP contribution is -2.58. The van der Waals surface area contributed by atoms with E-state index in [1.165, 1.54) is 24.8 Å². The lowest BCUT2D eigenvalue weighted by Gasteiger charge is -2.58. The molecular formula is C27H43NO3. The molecule has 2 saturated heterocycles. The van der Waals surface area contributed by atoms with Gasteiger partial charge in [-0.3, -0.25) is 5.32 Å². The van der Waals surface area contributed by atoms with Crippen molar-refractivity contribution < 1.29 is 14.9 Å². The summed E-state index contributed by atoms with van der Waals surface area (Å²) in [5.74, 6) is 3.13. The monoisotopic (exact) mass is 429 g/mol. The van der Waals surface area contributed by atoms with E-state index in [0.717, 1.165) is 38.6 Å². The molecule has 0 amide bonds. The van der Waals surface area contributed by atoms with Gasteiger partial charge in [0.15, 0.2) is 0 Å². The number of hydrogen-bond acceptors (Lipinski definition) is 4. The second-order valence-electron chi connectivity index (χ2n) is 12.9. The number of nitrogens with one attached hydrogen (secondary N) is 1. The molecule has 3 N–H and O–H groups in total. The smallest absolute Gasteiger partial charge is 0.122 e. The first-order valence-corrected chi connectivity index (χ1v) is 13.2. The van der Waals surface area contributed by atoms with Crippen LogP contribution in [0.4, 0.5) is 0 Å². The van der Waals surface area contributed by atoms with Crippen molar-refractivity contribution in [3.8, 4) is 0 Å². The molecule has 6 rings (SSSR count). The molecule has 31 heavy (non-hydrogen) atoms. The Bertz CT molecular complexity index is 772.